The third kappa shape index (κ3) is 4.10. The maximum atomic E-state index is 12.9. The minimum atomic E-state index is 0.181. The van der Waals surface area contributed by atoms with Crippen molar-refractivity contribution in [2.45, 2.75) is 69.9 Å². The average Bonchev–Trinajstić information content (AvgIpc) is 2.85. The van der Waals surface area contributed by atoms with Gasteiger partial charge < -0.3 is 14.7 Å². The molecule has 0 radical (unpaired) electrons. The maximum Gasteiger partial charge on any atom is 0.320 e. The molecule has 6 heteroatoms. The van der Waals surface area contributed by atoms with Crippen LogP contribution in [0.3, 0.4) is 0 Å². The van der Waals surface area contributed by atoms with E-state index in [4.69, 9.17) is 0 Å². The van der Waals surface area contributed by atoms with Crippen LogP contribution in [0.4, 0.5) is 4.79 Å². The molecule has 2 saturated carbocycles. The molecule has 3 amide bonds. The third-order valence-corrected chi connectivity index (χ3v) is 7.37. The van der Waals surface area contributed by atoms with Crippen LogP contribution in [0.25, 0.3) is 0 Å². The number of likely N-dealkylation sites (N-methyl/N-ethyl adjacent to an activating group) is 1. The summed E-state index contributed by atoms with van der Waals surface area (Å²) in [5.41, 5.74) is 0. The van der Waals surface area contributed by atoms with Gasteiger partial charge in [0.1, 0.15) is 0 Å². The van der Waals surface area contributed by atoms with Gasteiger partial charge in [-0.1, -0.05) is 25.7 Å². The Morgan fingerprint density at radius 1 is 0.778 bits per heavy atom. The van der Waals surface area contributed by atoms with Crippen LogP contribution in [0.5, 0.6) is 0 Å². The molecule has 0 unspecified atom stereocenters. The van der Waals surface area contributed by atoms with Crippen LogP contribution in [0, 0.1) is 5.92 Å². The molecule has 4 fully saturated rings. The van der Waals surface area contributed by atoms with Gasteiger partial charge in [0.15, 0.2) is 0 Å². The second kappa shape index (κ2) is 8.38. The van der Waals surface area contributed by atoms with E-state index >= 15 is 0 Å². The number of likely N-dealkylation sites (tertiary alicyclic amines) is 1. The van der Waals surface area contributed by atoms with Gasteiger partial charge in [-0.15, -0.1) is 0 Å². The Morgan fingerprint density at radius 3 is 2.19 bits per heavy atom. The van der Waals surface area contributed by atoms with Gasteiger partial charge in [0.05, 0.1) is 6.04 Å². The van der Waals surface area contributed by atoms with E-state index in [0.717, 1.165) is 51.5 Å². The van der Waals surface area contributed by atoms with Gasteiger partial charge in [-0.25, -0.2) is 4.79 Å². The lowest BCUT2D eigenvalue weighted by Crippen LogP contribution is -2.64. The highest BCUT2D eigenvalue weighted by Gasteiger charge is 2.39. The monoisotopic (exact) mass is 376 g/mol. The quantitative estimate of drug-likeness (QED) is 0.760. The Kier molecular flexibility index (Phi) is 5.90. The fourth-order valence-corrected chi connectivity index (χ4v) is 5.12. The van der Waals surface area contributed by atoms with E-state index in [9.17, 15) is 9.59 Å². The summed E-state index contributed by atoms with van der Waals surface area (Å²) in [6.45, 7) is 5.30. The molecule has 0 spiro atoms. The average molecular weight is 377 g/mol. The Morgan fingerprint density at radius 2 is 1.52 bits per heavy atom. The third-order valence-electron chi connectivity index (χ3n) is 7.37. The Hall–Kier alpha value is -1.30. The molecule has 0 bridgehead atoms. The summed E-state index contributed by atoms with van der Waals surface area (Å²) < 4.78 is 0. The fourth-order valence-electron chi connectivity index (χ4n) is 5.12. The zero-order valence-electron chi connectivity index (χ0n) is 16.9. The maximum absolute atomic E-state index is 12.9. The standard InChI is InChI=1S/C21H36N4O2/c1-22(20(26)17-7-3-2-4-8-17)19-15-25(16-19)21(27)24-12-6-11-23(13-14-24)18-9-5-10-18/h17-19H,2-16H2,1H3. The van der Waals surface area contributed by atoms with Crippen molar-refractivity contribution < 1.29 is 9.59 Å². The van der Waals surface area contributed by atoms with E-state index in [2.05, 4.69) is 4.90 Å². The molecule has 4 rings (SSSR count). The molecule has 0 aromatic rings. The molecule has 2 saturated heterocycles. The molecule has 2 aliphatic heterocycles. The smallest absolute Gasteiger partial charge is 0.320 e. The summed E-state index contributed by atoms with van der Waals surface area (Å²) in [5, 5.41) is 0. The van der Waals surface area contributed by atoms with Gasteiger partial charge in [0.25, 0.3) is 0 Å². The van der Waals surface area contributed by atoms with Crippen molar-refractivity contribution in [1.82, 2.24) is 19.6 Å². The zero-order valence-corrected chi connectivity index (χ0v) is 16.9. The van der Waals surface area contributed by atoms with Gasteiger partial charge >= 0.3 is 6.03 Å². The molecular weight excluding hydrogens is 340 g/mol. The zero-order chi connectivity index (χ0) is 18.8. The number of carbonyl (C=O) groups excluding carboxylic acids is 2. The van der Waals surface area contributed by atoms with E-state index < -0.39 is 0 Å². The molecule has 0 atom stereocenters. The fraction of sp³-hybridized carbons (Fsp3) is 0.905. The number of nitrogens with zero attached hydrogens (tertiary/aromatic N) is 4. The molecule has 152 valence electrons. The first-order valence-electron chi connectivity index (χ1n) is 11.2. The highest BCUT2D eigenvalue weighted by molar-refractivity contribution is 5.80. The van der Waals surface area contributed by atoms with Crippen molar-refractivity contribution >= 4 is 11.9 Å². The summed E-state index contributed by atoms with van der Waals surface area (Å²) in [6, 6.07) is 1.16. The minimum absolute atomic E-state index is 0.181. The first-order valence-corrected chi connectivity index (χ1v) is 11.2. The van der Waals surface area contributed by atoms with Crippen LogP contribution in [-0.4, -0.2) is 89.9 Å². The summed E-state index contributed by atoms with van der Waals surface area (Å²) >= 11 is 0. The van der Waals surface area contributed by atoms with Crippen molar-refractivity contribution in [1.29, 1.82) is 0 Å². The number of rotatable bonds is 3. The number of hydrogen-bond acceptors (Lipinski definition) is 3. The van der Waals surface area contributed by atoms with Gasteiger partial charge in [-0.05, 0) is 32.1 Å². The van der Waals surface area contributed by atoms with Crippen LogP contribution in [0.15, 0.2) is 0 Å². The predicted octanol–water partition coefficient (Wildman–Crippen LogP) is 2.39. The van der Waals surface area contributed by atoms with Crippen molar-refractivity contribution in [3.8, 4) is 0 Å². The van der Waals surface area contributed by atoms with Crippen LogP contribution in [-0.2, 0) is 4.79 Å². The van der Waals surface area contributed by atoms with E-state index in [1.54, 1.807) is 0 Å². The molecule has 2 heterocycles. The second-order valence-electron chi connectivity index (χ2n) is 9.09. The Bertz CT molecular complexity index is 538. The van der Waals surface area contributed by atoms with Gasteiger partial charge in [0.2, 0.25) is 5.91 Å². The second-order valence-corrected chi connectivity index (χ2v) is 9.09. The summed E-state index contributed by atoms with van der Waals surface area (Å²) in [6.07, 6.45) is 10.9. The Labute approximate surface area is 163 Å². The Balaban J connectivity index is 1.22. The number of urea groups is 1. The molecule has 4 aliphatic rings. The van der Waals surface area contributed by atoms with Crippen molar-refractivity contribution in [2.24, 2.45) is 5.92 Å². The van der Waals surface area contributed by atoms with Crippen molar-refractivity contribution in [3.63, 3.8) is 0 Å². The van der Waals surface area contributed by atoms with E-state index in [0.29, 0.717) is 19.0 Å². The molecule has 0 N–H and O–H groups in total. The lowest BCUT2D eigenvalue weighted by atomic mass is 9.88. The lowest BCUT2D eigenvalue weighted by Gasteiger charge is -2.46. The topological polar surface area (TPSA) is 47.1 Å². The largest absolute Gasteiger partial charge is 0.339 e. The van der Waals surface area contributed by atoms with Crippen LogP contribution in [0.1, 0.15) is 57.8 Å². The summed E-state index contributed by atoms with van der Waals surface area (Å²) in [5.74, 6) is 0.523. The number of amides is 3. The summed E-state index contributed by atoms with van der Waals surface area (Å²) in [4.78, 5) is 34.1. The molecule has 2 aliphatic carbocycles. The summed E-state index contributed by atoms with van der Waals surface area (Å²) in [7, 11) is 1.94. The van der Waals surface area contributed by atoms with Crippen molar-refractivity contribution in [3.05, 3.63) is 0 Å². The number of hydrogen-bond donors (Lipinski definition) is 0. The van der Waals surface area contributed by atoms with Gasteiger partial charge in [-0.3, -0.25) is 9.69 Å². The first-order chi connectivity index (χ1) is 13.1. The highest BCUT2D eigenvalue weighted by Crippen LogP contribution is 2.28. The predicted molar refractivity (Wildman–Crippen MR) is 106 cm³/mol. The molecule has 6 nitrogen and oxygen atoms in total. The normalized spacial score (nSPS) is 26.3. The van der Waals surface area contributed by atoms with Gasteiger partial charge in [-0.2, -0.15) is 0 Å². The highest BCUT2D eigenvalue weighted by atomic mass is 16.2. The van der Waals surface area contributed by atoms with E-state index in [-0.39, 0.29) is 18.0 Å². The number of carbonyl (C=O) groups is 2. The molecule has 0 aromatic heterocycles. The van der Waals surface area contributed by atoms with E-state index in [1.807, 2.05) is 21.7 Å². The minimum Gasteiger partial charge on any atom is -0.339 e. The van der Waals surface area contributed by atoms with Crippen LogP contribution in [0.2, 0.25) is 0 Å². The SMILES string of the molecule is CN(C(=O)C1CCCCC1)C1CN(C(=O)N2CCCN(C3CCC3)CC2)C1. The molecule has 0 aromatic carbocycles. The lowest BCUT2D eigenvalue weighted by molar-refractivity contribution is -0.140. The first kappa shape index (κ1) is 19.0. The van der Waals surface area contributed by atoms with Gasteiger partial charge in [0, 0.05) is 58.3 Å². The molecule has 27 heavy (non-hydrogen) atoms. The molecular formula is C21H36N4O2. The van der Waals surface area contributed by atoms with Crippen molar-refractivity contribution in [2.75, 3.05) is 46.3 Å². The van der Waals surface area contributed by atoms with Crippen LogP contribution < -0.4 is 0 Å². The van der Waals surface area contributed by atoms with E-state index in [1.165, 1.54) is 38.5 Å². The van der Waals surface area contributed by atoms with Crippen LogP contribution >= 0.6 is 0 Å².